The van der Waals surface area contributed by atoms with E-state index in [-0.39, 0.29) is 17.8 Å². The lowest BCUT2D eigenvalue weighted by Crippen LogP contribution is -2.46. The van der Waals surface area contributed by atoms with E-state index >= 15 is 0 Å². The fourth-order valence-electron chi connectivity index (χ4n) is 4.62. The Kier molecular flexibility index (Phi) is 5.38. The number of nitrogens with zero attached hydrogens (tertiary/aromatic N) is 3. The molecule has 0 spiro atoms. The van der Waals surface area contributed by atoms with Crippen LogP contribution in [-0.4, -0.2) is 65.2 Å². The van der Waals surface area contributed by atoms with E-state index in [1.54, 1.807) is 36.4 Å². The molecule has 2 atom stereocenters. The monoisotopic (exact) mass is 471 g/mol. The first kappa shape index (κ1) is 21.0. The van der Waals surface area contributed by atoms with E-state index in [2.05, 4.69) is 5.32 Å². The molecule has 3 fully saturated rings. The zero-order valence-electron chi connectivity index (χ0n) is 17.2. The van der Waals surface area contributed by atoms with Crippen LogP contribution in [0.3, 0.4) is 0 Å². The maximum absolute atomic E-state index is 13.2. The molecule has 166 valence electrons. The van der Waals surface area contributed by atoms with Crippen molar-refractivity contribution in [2.45, 2.75) is 31.3 Å². The largest absolute Gasteiger partial charge is 0.357 e. The third kappa shape index (κ3) is 3.55. The number of likely N-dealkylation sites (tertiary alicyclic amines) is 1. The van der Waals surface area contributed by atoms with Gasteiger partial charge >= 0.3 is 6.03 Å². The van der Waals surface area contributed by atoms with Crippen molar-refractivity contribution >= 4 is 52.3 Å². The van der Waals surface area contributed by atoms with Crippen molar-refractivity contribution in [1.29, 1.82) is 5.41 Å². The molecule has 1 aromatic carbocycles. The first-order chi connectivity index (χ1) is 15.4. The second kappa shape index (κ2) is 8.22. The van der Waals surface area contributed by atoms with Crippen LogP contribution in [0.15, 0.2) is 36.4 Å². The second-order valence-corrected chi connectivity index (χ2v) is 9.87. The summed E-state index contributed by atoms with van der Waals surface area (Å²) >= 11 is 7.09. The SMILES string of the molecule is N=C(c1ccc(N2C(=O)[C@@H]3[C@H](NC(=O)c4ccc(Cl)s4)CCN3C2=O)cc1)N1CCCC1. The van der Waals surface area contributed by atoms with Gasteiger partial charge in [-0.25, -0.2) is 9.69 Å². The van der Waals surface area contributed by atoms with E-state index in [0.29, 0.717) is 33.7 Å². The first-order valence-electron chi connectivity index (χ1n) is 10.6. The highest BCUT2D eigenvalue weighted by Crippen LogP contribution is 2.32. The van der Waals surface area contributed by atoms with E-state index in [9.17, 15) is 14.4 Å². The van der Waals surface area contributed by atoms with Gasteiger partial charge < -0.3 is 15.1 Å². The van der Waals surface area contributed by atoms with Gasteiger partial charge in [-0.3, -0.25) is 15.0 Å². The Bertz CT molecular complexity index is 1100. The van der Waals surface area contributed by atoms with E-state index in [1.807, 2.05) is 4.90 Å². The Labute approximate surface area is 194 Å². The van der Waals surface area contributed by atoms with Gasteiger partial charge in [-0.1, -0.05) is 11.6 Å². The molecular formula is C22H22ClN5O3S. The van der Waals surface area contributed by atoms with Crippen LogP contribution in [0.25, 0.3) is 0 Å². The molecule has 0 radical (unpaired) electrons. The molecule has 3 aliphatic heterocycles. The summed E-state index contributed by atoms with van der Waals surface area (Å²) in [5.41, 5.74) is 1.23. The number of amides is 4. The highest BCUT2D eigenvalue weighted by molar-refractivity contribution is 7.18. The number of fused-ring (bicyclic) bond motifs is 1. The average molecular weight is 472 g/mol. The minimum Gasteiger partial charge on any atom is -0.357 e. The van der Waals surface area contributed by atoms with Gasteiger partial charge in [0.2, 0.25) is 0 Å². The van der Waals surface area contributed by atoms with Gasteiger partial charge in [-0.15, -0.1) is 11.3 Å². The summed E-state index contributed by atoms with van der Waals surface area (Å²) in [6, 6.07) is 8.72. The van der Waals surface area contributed by atoms with Crippen molar-refractivity contribution in [3.05, 3.63) is 51.2 Å². The lowest BCUT2D eigenvalue weighted by molar-refractivity contribution is -0.119. The molecule has 2 N–H and O–H groups in total. The van der Waals surface area contributed by atoms with E-state index < -0.39 is 12.1 Å². The summed E-state index contributed by atoms with van der Waals surface area (Å²) in [5.74, 6) is -0.174. The van der Waals surface area contributed by atoms with Crippen molar-refractivity contribution < 1.29 is 14.4 Å². The summed E-state index contributed by atoms with van der Waals surface area (Å²) in [7, 11) is 0. The molecule has 2 aromatic rings. The fourth-order valence-corrected chi connectivity index (χ4v) is 5.57. The number of hydrogen-bond donors (Lipinski definition) is 2. The number of carbonyl (C=O) groups excluding carboxylic acids is 3. The minimum absolute atomic E-state index is 0.294. The van der Waals surface area contributed by atoms with Crippen molar-refractivity contribution in [2.24, 2.45) is 0 Å². The average Bonchev–Trinajstić information content (AvgIpc) is 3.57. The second-order valence-electron chi connectivity index (χ2n) is 8.16. The number of imide groups is 1. The number of halogens is 1. The Hall–Kier alpha value is -2.91. The molecule has 4 heterocycles. The molecule has 0 aliphatic carbocycles. The van der Waals surface area contributed by atoms with E-state index in [0.717, 1.165) is 31.5 Å². The van der Waals surface area contributed by atoms with Gasteiger partial charge in [0.05, 0.1) is 20.9 Å². The van der Waals surface area contributed by atoms with Crippen LogP contribution < -0.4 is 10.2 Å². The lowest BCUT2D eigenvalue weighted by Gasteiger charge is -2.20. The molecule has 5 rings (SSSR count). The Balaban J connectivity index is 1.31. The van der Waals surface area contributed by atoms with Gasteiger partial charge in [0, 0.05) is 25.2 Å². The van der Waals surface area contributed by atoms with E-state index in [4.69, 9.17) is 17.0 Å². The number of rotatable bonds is 4. The molecule has 3 saturated heterocycles. The van der Waals surface area contributed by atoms with Crippen molar-refractivity contribution in [1.82, 2.24) is 15.1 Å². The lowest BCUT2D eigenvalue weighted by atomic mass is 10.1. The topological polar surface area (TPSA) is 96.8 Å². The van der Waals surface area contributed by atoms with Crippen LogP contribution in [0.2, 0.25) is 4.34 Å². The number of thiophene rings is 1. The first-order valence-corrected chi connectivity index (χ1v) is 11.8. The normalized spacial score (nSPS) is 22.6. The molecule has 0 saturated carbocycles. The van der Waals surface area contributed by atoms with Gasteiger partial charge in [0.15, 0.2) is 0 Å². The molecule has 8 nitrogen and oxygen atoms in total. The highest BCUT2D eigenvalue weighted by atomic mass is 35.5. The van der Waals surface area contributed by atoms with Gasteiger partial charge in [-0.2, -0.15) is 0 Å². The third-order valence-corrected chi connectivity index (χ3v) is 7.47. The predicted molar refractivity (Wildman–Crippen MR) is 123 cm³/mol. The number of hydrogen-bond acceptors (Lipinski definition) is 5. The van der Waals surface area contributed by atoms with Gasteiger partial charge in [0.1, 0.15) is 11.9 Å². The number of amidine groups is 1. The number of anilines is 1. The molecule has 1 aromatic heterocycles. The maximum Gasteiger partial charge on any atom is 0.332 e. The molecule has 10 heteroatoms. The highest BCUT2D eigenvalue weighted by Gasteiger charge is 2.53. The summed E-state index contributed by atoms with van der Waals surface area (Å²) in [5, 5.41) is 11.3. The third-order valence-electron chi connectivity index (χ3n) is 6.24. The summed E-state index contributed by atoms with van der Waals surface area (Å²) in [6.45, 7) is 2.16. The Morgan fingerprint density at radius 3 is 2.44 bits per heavy atom. The van der Waals surface area contributed by atoms with Crippen LogP contribution in [0, 0.1) is 5.41 Å². The predicted octanol–water partition coefficient (Wildman–Crippen LogP) is 3.16. The molecule has 4 amide bonds. The molecular weight excluding hydrogens is 450 g/mol. The van der Waals surface area contributed by atoms with Crippen LogP contribution in [0.4, 0.5) is 10.5 Å². The standard InChI is InChI=1S/C22H22ClN5O3S/c23-17-8-7-16(32-17)20(29)25-15-9-12-27-18(15)21(30)28(22(27)31)14-5-3-13(4-6-14)19(24)26-10-1-2-11-26/h3-8,15,18,24H,1-2,9-12H2,(H,25,29)/t15-,18+/m1/s1. The number of carbonyl (C=O) groups is 3. The van der Waals surface area contributed by atoms with Crippen LogP contribution >= 0.6 is 22.9 Å². The summed E-state index contributed by atoms with van der Waals surface area (Å²) < 4.78 is 0.516. The van der Waals surface area contributed by atoms with E-state index in [1.165, 1.54) is 21.1 Å². The van der Waals surface area contributed by atoms with Crippen molar-refractivity contribution in [3.8, 4) is 0 Å². The smallest absolute Gasteiger partial charge is 0.332 e. The Morgan fingerprint density at radius 1 is 1.06 bits per heavy atom. The zero-order chi connectivity index (χ0) is 22.4. The van der Waals surface area contributed by atoms with Gasteiger partial charge in [0.25, 0.3) is 11.8 Å². The summed E-state index contributed by atoms with van der Waals surface area (Å²) in [4.78, 5) is 43.9. The molecule has 32 heavy (non-hydrogen) atoms. The quantitative estimate of drug-likeness (QED) is 0.406. The zero-order valence-corrected chi connectivity index (χ0v) is 18.8. The number of benzene rings is 1. The molecule has 0 unspecified atom stereocenters. The minimum atomic E-state index is -0.718. The van der Waals surface area contributed by atoms with Gasteiger partial charge in [-0.05, 0) is 55.7 Å². The number of nitrogens with one attached hydrogen (secondary N) is 2. The fraction of sp³-hybridized carbons (Fsp3) is 0.364. The van der Waals surface area contributed by atoms with Crippen LogP contribution in [-0.2, 0) is 4.79 Å². The maximum atomic E-state index is 13.2. The molecule has 3 aliphatic rings. The summed E-state index contributed by atoms with van der Waals surface area (Å²) in [6.07, 6.45) is 2.70. The van der Waals surface area contributed by atoms with Crippen LogP contribution in [0.1, 0.15) is 34.5 Å². The Morgan fingerprint density at radius 2 is 1.78 bits per heavy atom. The van der Waals surface area contributed by atoms with Crippen molar-refractivity contribution in [3.63, 3.8) is 0 Å². The number of urea groups is 1. The van der Waals surface area contributed by atoms with Crippen molar-refractivity contribution in [2.75, 3.05) is 24.5 Å². The van der Waals surface area contributed by atoms with Crippen LogP contribution in [0.5, 0.6) is 0 Å². The molecule has 0 bridgehead atoms.